The Bertz CT molecular complexity index is 363. The number of carbonyl (C=O) groups is 1. The van der Waals surface area contributed by atoms with Gasteiger partial charge in [-0.2, -0.15) is 15.4 Å². The average Bonchev–Trinajstić information content (AvgIpc) is 2.64. The van der Waals surface area contributed by atoms with Gasteiger partial charge in [0.1, 0.15) is 11.7 Å². The Kier molecular flexibility index (Phi) is 2.68. The molecule has 6 nitrogen and oxygen atoms in total. The summed E-state index contributed by atoms with van der Waals surface area (Å²) in [7, 11) is 0. The van der Waals surface area contributed by atoms with Gasteiger partial charge in [0.2, 0.25) is 0 Å². The summed E-state index contributed by atoms with van der Waals surface area (Å²) < 4.78 is 0. The number of nitrogens with one attached hydrogen (secondary N) is 2. The maximum absolute atomic E-state index is 10.8. The number of rotatable bonds is 2. The smallest absolute Gasteiger partial charge is 0.320 e. The van der Waals surface area contributed by atoms with Crippen LogP contribution in [0.1, 0.15) is 36.7 Å². The van der Waals surface area contributed by atoms with E-state index in [-0.39, 0.29) is 6.04 Å². The van der Waals surface area contributed by atoms with Crippen LogP contribution in [0.25, 0.3) is 0 Å². The SMILES string of the molecule is Cc1n[nH]nc1C1CCCC(C(=O)O)N1. The predicted octanol–water partition coefficient (Wildman–Crippen LogP) is 0.381. The number of aromatic amines is 1. The monoisotopic (exact) mass is 210 g/mol. The zero-order chi connectivity index (χ0) is 10.8. The summed E-state index contributed by atoms with van der Waals surface area (Å²) in [6.45, 7) is 1.87. The first-order valence-electron chi connectivity index (χ1n) is 5.04. The second kappa shape index (κ2) is 3.98. The van der Waals surface area contributed by atoms with Crippen molar-refractivity contribution in [1.82, 2.24) is 20.7 Å². The average molecular weight is 210 g/mol. The summed E-state index contributed by atoms with van der Waals surface area (Å²) in [6, 6.07) is -0.446. The van der Waals surface area contributed by atoms with Crippen LogP contribution in [0.4, 0.5) is 0 Å². The fourth-order valence-corrected chi connectivity index (χ4v) is 1.97. The predicted molar refractivity (Wildman–Crippen MR) is 52.3 cm³/mol. The Labute approximate surface area is 87.1 Å². The van der Waals surface area contributed by atoms with Crippen LogP contribution in [0.5, 0.6) is 0 Å². The molecule has 0 aliphatic carbocycles. The van der Waals surface area contributed by atoms with Crippen LogP contribution < -0.4 is 5.32 Å². The topological polar surface area (TPSA) is 90.9 Å². The van der Waals surface area contributed by atoms with Gasteiger partial charge in [-0.05, 0) is 26.2 Å². The van der Waals surface area contributed by atoms with Crippen molar-refractivity contribution in [2.45, 2.75) is 38.3 Å². The molecule has 3 N–H and O–H groups in total. The molecule has 1 aromatic rings. The molecule has 1 aromatic heterocycles. The number of carboxylic acid groups (broad SMARTS) is 1. The molecule has 1 saturated heterocycles. The van der Waals surface area contributed by atoms with Crippen LogP contribution >= 0.6 is 0 Å². The summed E-state index contributed by atoms with van der Waals surface area (Å²) in [5, 5.41) is 22.5. The van der Waals surface area contributed by atoms with E-state index in [1.807, 2.05) is 6.92 Å². The van der Waals surface area contributed by atoms with Crippen molar-refractivity contribution in [3.63, 3.8) is 0 Å². The Morgan fingerprint density at radius 1 is 1.47 bits per heavy atom. The third kappa shape index (κ3) is 1.99. The molecule has 0 saturated carbocycles. The lowest BCUT2D eigenvalue weighted by Crippen LogP contribution is -2.42. The van der Waals surface area contributed by atoms with Crippen LogP contribution in [-0.4, -0.2) is 32.5 Å². The van der Waals surface area contributed by atoms with Gasteiger partial charge in [-0.15, -0.1) is 0 Å². The summed E-state index contributed by atoms with van der Waals surface area (Å²) in [4.78, 5) is 10.8. The number of nitrogens with zero attached hydrogens (tertiary/aromatic N) is 2. The zero-order valence-electron chi connectivity index (χ0n) is 8.53. The number of aryl methyl sites for hydroxylation is 1. The van der Waals surface area contributed by atoms with Gasteiger partial charge in [0.15, 0.2) is 0 Å². The Morgan fingerprint density at radius 3 is 2.87 bits per heavy atom. The highest BCUT2D eigenvalue weighted by Crippen LogP contribution is 2.25. The van der Waals surface area contributed by atoms with Crippen molar-refractivity contribution in [3.05, 3.63) is 11.4 Å². The molecule has 2 rings (SSSR count). The van der Waals surface area contributed by atoms with Gasteiger partial charge >= 0.3 is 5.97 Å². The number of hydrogen-bond donors (Lipinski definition) is 3. The summed E-state index contributed by atoms with van der Waals surface area (Å²) in [6.07, 6.45) is 2.50. The first-order chi connectivity index (χ1) is 7.18. The first-order valence-corrected chi connectivity index (χ1v) is 5.04. The zero-order valence-corrected chi connectivity index (χ0v) is 8.53. The summed E-state index contributed by atoms with van der Waals surface area (Å²) >= 11 is 0. The molecule has 2 heterocycles. The molecule has 0 spiro atoms. The number of H-pyrrole nitrogens is 1. The van der Waals surface area contributed by atoms with E-state index in [1.54, 1.807) is 0 Å². The molecular weight excluding hydrogens is 196 g/mol. The Balaban J connectivity index is 2.11. The molecule has 1 aliphatic heterocycles. The maximum Gasteiger partial charge on any atom is 0.320 e. The van der Waals surface area contributed by atoms with E-state index >= 15 is 0 Å². The molecule has 2 unspecified atom stereocenters. The lowest BCUT2D eigenvalue weighted by molar-refractivity contribution is -0.140. The van der Waals surface area contributed by atoms with Gasteiger partial charge in [-0.1, -0.05) is 0 Å². The van der Waals surface area contributed by atoms with Crippen LogP contribution in [0.2, 0.25) is 0 Å². The second-order valence-electron chi connectivity index (χ2n) is 3.84. The lowest BCUT2D eigenvalue weighted by Gasteiger charge is -2.27. The van der Waals surface area contributed by atoms with Gasteiger partial charge in [-0.25, -0.2) is 0 Å². The largest absolute Gasteiger partial charge is 0.480 e. The molecule has 1 aliphatic rings. The molecule has 0 amide bonds. The first kappa shape index (κ1) is 10.1. The third-order valence-electron chi connectivity index (χ3n) is 2.77. The minimum Gasteiger partial charge on any atom is -0.480 e. The normalized spacial score (nSPS) is 26.5. The molecule has 1 fully saturated rings. The second-order valence-corrected chi connectivity index (χ2v) is 3.84. The highest BCUT2D eigenvalue weighted by atomic mass is 16.4. The van der Waals surface area contributed by atoms with Crippen molar-refractivity contribution in [3.8, 4) is 0 Å². The van der Waals surface area contributed by atoms with E-state index in [0.29, 0.717) is 6.42 Å². The third-order valence-corrected chi connectivity index (χ3v) is 2.77. The quantitative estimate of drug-likeness (QED) is 0.656. The van der Waals surface area contributed by atoms with E-state index in [9.17, 15) is 4.79 Å². The highest BCUT2D eigenvalue weighted by molar-refractivity contribution is 5.73. The molecule has 82 valence electrons. The standard InChI is InChI=1S/C9H14N4O2/c1-5-8(12-13-11-5)6-3-2-4-7(10-6)9(14)15/h6-7,10H,2-4H2,1H3,(H,14,15)(H,11,12,13). The lowest BCUT2D eigenvalue weighted by atomic mass is 9.96. The van der Waals surface area contributed by atoms with Crippen molar-refractivity contribution >= 4 is 5.97 Å². The van der Waals surface area contributed by atoms with Crippen molar-refractivity contribution in [2.75, 3.05) is 0 Å². The van der Waals surface area contributed by atoms with E-state index < -0.39 is 12.0 Å². The minimum absolute atomic E-state index is 0.0126. The summed E-state index contributed by atoms with van der Waals surface area (Å²) in [5.74, 6) is -0.791. The number of carboxylic acids is 1. The van der Waals surface area contributed by atoms with Crippen molar-refractivity contribution in [1.29, 1.82) is 0 Å². The number of hydrogen-bond acceptors (Lipinski definition) is 4. The van der Waals surface area contributed by atoms with Crippen molar-refractivity contribution < 1.29 is 9.90 Å². The van der Waals surface area contributed by atoms with E-state index in [4.69, 9.17) is 5.11 Å². The van der Waals surface area contributed by atoms with Crippen LogP contribution in [-0.2, 0) is 4.79 Å². The molecule has 6 heteroatoms. The number of piperidine rings is 1. The highest BCUT2D eigenvalue weighted by Gasteiger charge is 2.28. The Hall–Kier alpha value is -1.43. The van der Waals surface area contributed by atoms with Crippen LogP contribution in [0.3, 0.4) is 0 Å². The molecule has 15 heavy (non-hydrogen) atoms. The molecule has 0 aromatic carbocycles. The Morgan fingerprint density at radius 2 is 2.27 bits per heavy atom. The summed E-state index contributed by atoms with van der Waals surface area (Å²) in [5.41, 5.74) is 1.67. The number of aliphatic carboxylic acids is 1. The molecule has 0 radical (unpaired) electrons. The van der Waals surface area contributed by atoms with E-state index in [2.05, 4.69) is 20.7 Å². The maximum atomic E-state index is 10.8. The minimum atomic E-state index is -0.791. The van der Waals surface area contributed by atoms with Crippen LogP contribution in [0.15, 0.2) is 0 Å². The van der Waals surface area contributed by atoms with Gasteiger partial charge in [-0.3, -0.25) is 10.1 Å². The fourth-order valence-electron chi connectivity index (χ4n) is 1.97. The number of aromatic nitrogens is 3. The molecule has 0 bridgehead atoms. The van der Waals surface area contributed by atoms with Gasteiger partial charge in [0, 0.05) is 0 Å². The van der Waals surface area contributed by atoms with Gasteiger partial charge in [0.25, 0.3) is 0 Å². The molecular formula is C9H14N4O2. The van der Waals surface area contributed by atoms with E-state index in [1.165, 1.54) is 0 Å². The van der Waals surface area contributed by atoms with Crippen molar-refractivity contribution in [2.24, 2.45) is 0 Å². The fraction of sp³-hybridized carbons (Fsp3) is 0.667. The van der Waals surface area contributed by atoms with Gasteiger partial charge < -0.3 is 5.11 Å². The van der Waals surface area contributed by atoms with Crippen LogP contribution in [0, 0.1) is 6.92 Å². The van der Waals surface area contributed by atoms with Gasteiger partial charge in [0.05, 0.1) is 11.7 Å². The molecule has 2 atom stereocenters. The van der Waals surface area contributed by atoms with E-state index in [0.717, 1.165) is 24.2 Å².